The number of hydrogen-bond donors (Lipinski definition) is 2. The van der Waals surface area contributed by atoms with Crippen LogP contribution in [-0.4, -0.2) is 16.5 Å². The minimum Gasteiger partial charge on any atom is -0.397 e. The van der Waals surface area contributed by atoms with Crippen LogP contribution in [0.3, 0.4) is 0 Å². The lowest BCUT2D eigenvalue weighted by molar-refractivity contribution is 0.970. The van der Waals surface area contributed by atoms with Gasteiger partial charge in [-0.15, -0.1) is 11.3 Å². The molecular formula is C15H16N4S. The molecule has 0 amide bonds. The van der Waals surface area contributed by atoms with Crippen molar-refractivity contribution < 1.29 is 0 Å². The van der Waals surface area contributed by atoms with Crippen LogP contribution in [0.2, 0.25) is 0 Å². The van der Waals surface area contributed by atoms with E-state index in [1.54, 1.807) is 17.5 Å². The van der Waals surface area contributed by atoms with Crippen LogP contribution in [0.5, 0.6) is 0 Å². The average molecular weight is 284 g/mol. The molecule has 3 N–H and O–H groups in total. The molecule has 3 aromatic rings. The number of hydrogen-bond acceptors (Lipinski definition) is 5. The Bertz CT molecular complexity index is 736. The van der Waals surface area contributed by atoms with E-state index in [1.165, 1.54) is 0 Å². The summed E-state index contributed by atoms with van der Waals surface area (Å²) in [5.41, 5.74) is 9.71. The van der Waals surface area contributed by atoms with E-state index in [9.17, 15) is 0 Å². The van der Waals surface area contributed by atoms with Crippen LogP contribution in [-0.2, 0) is 6.42 Å². The maximum atomic E-state index is 5.95. The van der Waals surface area contributed by atoms with Gasteiger partial charge in [0.1, 0.15) is 0 Å². The molecule has 2 heterocycles. The van der Waals surface area contributed by atoms with Gasteiger partial charge in [-0.2, -0.15) is 0 Å². The van der Waals surface area contributed by atoms with E-state index in [0.29, 0.717) is 5.69 Å². The number of rotatable bonds is 4. The first-order valence-corrected chi connectivity index (χ1v) is 7.40. The van der Waals surface area contributed by atoms with Crippen LogP contribution in [0.4, 0.5) is 11.4 Å². The summed E-state index contributed by atoms with van der Waals surface area (Å²) in [6.07, 6.45) is 2.68. The number of nitrogens with one attached hydrogen (secondary N) is 1. The molecule has 20 heavy (non-hydrogen) atoms. The van der Waals surface area contributed by atoms with Crippen LogP contribution >= 0.6 is 11.3 Å². The molecule has 0 aliphatic heterocycles. The van der Waals surface area contributed by atoms with Crippen molar-refractivity contribution in [2.45, 2.75) is 13.3 Å². The van der Waals surface area contributed by atoms with Gasteiger partial charge in [0.2, 0.25) is 0 Å². The number of anilines is 2. The van der Waals surface area contributed by atoms with E-state index in [1.807, 2.05) is 31.2 Å². The number of benzene rings is 1. The maximum absolute atomic E-state index is 5.95. The third kappa shape index (κ3) is 2.58. The lowest BCUT2D eigenvalue weighted by Gasteiger charge is -2.10. The van der Waals surface area contributed by atoms with Gasteiger partial charge in [-0.1, -0.05) is 0 Å². The van der Waals surface area contributed by atoms with Gasteiger partial charge < -0.3 is 11.1 Å². The lowest BCUT2D eigenvalue weighted by Crippen LogP contribution is -2.06. The minimum atomic E-state index is 0.710. The van der Waals surface area contributed by atoms with E-state index in [-0.39, 0.29) is 0 Å². The average Bonchev–Trinajstić information content (AvgIpc) is 2.87. The summed E-state index contributed by atoms with van der Waals surface area (Å²) in [6, 6.07) is 7.86. The van der Waals surface area contributed by atoms with Gasteiger partial charge >= 0.3 is 0 Å². The van der Waals surface area contributed by atoms with Gasteiger partial charge in [0.25, 0.3) is 0 Å². The Morgan fingerprint density at radius 2 is 2.20 bits per heavy atom. The molecule has 0 atom stereocenters. The molecule has 5 heteroatoms. The second-order valence-electron chi connectivity index (χ2n) is 4.64. The summed E-state index contributed by atoms with van der Waals surface area (Å²) >= 11 is 1.69. The van der Waals surface area contributed by atoms with Gasteiger partial charge in [-0.25, -0.2) is 4.98 Å². The van der Waals surface area contributed by atoms with Crippen molar-refractivity contribution in [3.8, 4) is 0 Å². The van der Waals surface area contributed by atoms with Gasteiger partial charge in [-0.3, -0.25) is 4.98 Å². The van der Waals surface area contributed by atoms with Gasteiger partial charge in [0.05, 0.1) is 21.9 Å². The molecule has 0 aliphatic rings. The van der Waals surface area contributed by atoms with E-state index >= 15 is 0 Å². The predicted octanol–water partition coefficient (Wildman–Crippen LogP) is 3.24. The number of aryl methyl sites for hydroxylation is 1. The minimum absolute atomic E-state index is 0.710. The number of thiazole rings is 1. The Hall–Kier alpha value is -2.14. The maximum Gasteiger partial charge on any atom is 0.0951 e. The molecule has 2 aromatic heterocycles. The zero-order chi connectivity index (χ0) is 13.9. The van der Waals surface area contributed by atoms with Gasteiger partial charge in [-0.05, 0) is 31.2 Å². The highest BCUT2D eigenvalue weighted by atomic mass is 32.1. The zero-order valence-electron chi connectivity index (χ0n) is 11.3. The van der Waals surface area contributed by atoms with E-state index in [2.05, 4.69) is 20.7 Å². The fourth-order valence-electron chi connectivity index (χ4n) is 2.20. The fourth-order valence-corrected chi connectivity index (χ4v) is 2.84. The third-order valence-corrected chi connectivity index (χ3v) is 3.99. The molecular weight excluding hydrogens is 268 g/mol. The highest BCUT2D eigenvalue weighted by molar-refractivity contribution is 7.09. The Balaban J connectivity index is 1.76. The van der Waals surface area contributed by atoms with Crippen LogP contribution < -0.4 is 11.1 Å². The number of nitrogen functional groups attached to an aromatic ring is 1. The standard InChI is InChI=1S/C15H16N4S/c1-10-19-11(9-20-10)6-8-17-14-5-4-13(16)15-12(14)3-2-7-18-15/h2-5,7,9,17H,6,8,16H2,1H3. The van der Waals surface area contributed by atoms with Crippen molar-refractivity contribution >= 4 is 33.6 Å². The molecule has 0 fully saturated rings. The monoisotopic (exact) mass is 284 g/mol. The largest absolute Gasteiger partial charge is 0.397 e. The number of nitrogens with zero attached hydrogens (tertiary/aromatic N) is 2. The first-order valence-electron chi connectivity index (χ1n) is 6.52. The first-order chi connectivity index (χ1) is 9.74. The second kappa shape index (κ2) is 5.46. The summed E-state index contributed by atoms with van der Waals surface area (Å²) in [4.78, 5) is 8.80. The van der Waals surface area contributed by atoms with Crippen molar-refractivity contribution in [2.75, 3.05) is 17.6 Å². The Morgan fingerprint density at radius 3 is 3.00 bits per heavy atom. The SMILES string of the molecule is Cc1nc(CCNc2ccc(N)c3ncccc23)cs1. The number of pyridine rings is 1. The van der Waals surface area contributed by atoms with Crippen LogP contribution in [0, 0.1) is 6.92 Å². The van der Waals surface area contributed by atoms with Crippen LogP contribution in [0.15, 0.2) is 35.8 Å². The Kier molecular flexibility index (Phi) is 3.52. The molecule has 3 rings (SSSR count). The Morgan fingerprint density at radius 1 is 1.30 bits per heavy atom. The number of fused-ring (bicyclic) bond motifs is 1. The molecule has 0 saturated carbocycles. The summed E-state index contributed by atoms with van der Waals surface area (Å²) in [5, 5.41) is 7.72. The molecule has 0 unspecified atom stereocenters. The van der Waals surface area contributed by atoms with Crippen molar-refractivity contribution in [1.82, 2.24) is 9.97 Å². The lowest BCUT2D eigenvalue weighted by atomic mass is 10.1. The third-order valence-electron chi connectivity index (χ3n) is 3.16. The van der Waals surface area contributed by atoms with E-state index in [4.69, 9.17) is 5.73 Å². The number of nitrogens with two attached hydrogens (primary N) is 1. The quantitative estimate of drug-likeness (QED) is 0.722. The van der Waals surface area contributed by atoms with Crippen molar-refractivity contribution in [3.05, 3.63) is 46.5 Å². The molecule has 0 spiro atoms. The van der Waals surface area contributed by atoms with Gasteiger partial charge in [0.15, 0.2) is 0 Å². The predicted molar refractivity (Wildman–Crippen MR) is 85.2 cm³/mol. The summed E-state index contributed by atoms with van der Waals surface area (Å²) in [6.45, 7) is 2.87. The van der Waals surface area contributed by atoms with Crippen LogP contribution in [0.1, 0.15) is 10.7 Å². The summed E-state index contributed by atoms with van der Waals surface area (Å²) in [7, 11) is 0. The molecule has 4 nitrogen and oxygen atoms in total. The Labute approximate surface area is 121 Å². The molecule has 0 saturated heterocycles. The smallest absolute Gasteiger partial charge is 0.0951 e. The zero-order valence-corrected chi connectivity index (χ0v) is 12.1. The normalized spacial score (nSPS) is 10.8. The fraction of sp³-hybridized carbons (Fsp3) is 0.200. The highest BCUT2D eigenvalue weighted by Crippen LogP contribution is 2.26. The molecule has 1 aromatic carbocycles. The second-order valence-corrected chi connectivity index (χ2v) is 5.70. The summed E-state index contributed by atoms with van der Waals surface area (Å²) in [5.74, 6) is 0. The molecule has 0 aliphatic carbocycles. The topological polar surface area (TPSA) is 63.8 Å². The first kappa shape index (κ1) is 12.9. The van der Waals surface area contributed by atoms with Crippen molar-refractivity contribution in [1.29, 1.82) is 0 Å². The number of aromatic nitrogens is 2. The summed E-state index contributed by atoms with van der Waals surface area (Å²) < 4.78 is 0. The molecule has 0 radical (unpaired) electrons. The van der Waals surface area contributed by atoms with E-state index in [0.717, 1.165) is 40.3 Å². The molecule has 0 bridgehead atoms. The van der Waals surface area contributed by atoms with Crippen molar-refractivity contribution in [3.63, 3.8) is 0 Å². The highest BCUT2D eigenvalue weighted by Gasteiger charge is 2.05. The van der Waals surface area contributed by atoms with E-state index < -0.39 is 0 Å². The molecule has 102 valence electrons. The van der Waals surface area contributed by atoms with Crippen molar-refractivity contribution in [2.24, 2.45) is 0 Å². The van der Waals surface area contributed by atoms with Gasteiger partial charge in [0, 0.05) is 35.6 Å². The van der Waals surface area contributed by atoms with Crippen LogP contribution in [0.25, 0.3) is 10.9 Å².